The van der Waals surface area contributed by atoms with Crippen molar-refractivity contribution in [1.82, 2.24) is 20.5 Å². The van der Waals surface area contributed by atoms with Gasteiger partial charge >= 0.3 is 0 Å². The Kier molecular flexibility index (Phi) is 3.33. The molecule has 0 bridgehead atoms. The van der Waals surface area contributed by atoms with Crippen molar-refractivity contribution >= 4 is 5.95 Å². The SMILES string of the molecule is COc1ccccc1-c1nc(N2CCNCC2)n[nH]1. The number of piperazine rings is 1. The Labute approximate surface area is 111 Å². The zero-order valence-electron chi connectivity index (χ0n) is 10.9. The van der Waals surface area contributed by atoms with Crippen molar-refractivity contribution in [2.75, 3.05) is 38.2 Å². The molecule has 1 aliphatic rings. The van der Waals surface area contributed by atoms with E-state index in [0.29, 0.717) is 0 Å². The maximum atomic E-state index is 5.34. The second kappa shape index (κ2) is 5.27. The summed E-state index contributed by atoms with van der Waals surface area (Å²) >= 11 is 0. The molecule has 100 valence electrons. The minimum atomic E-state index is 0.742. The lowest BCUT2D eigenvalue weighted by atomic mass is 10.2. The van der Waals surface area contributed by atoms with Crippen LogP contribution in [0.2, 0.25) is 0 Å². The molecule has 0 atom stereocenters. The first-order valence-electron chi connectivity index (χ1n) is 6.40. The van der Waals surface area contributed by atoms with Gasteiger partial charge < -0.3 is 15.0 Å². The van der Waals surface area contributed by atoms with Gasteiger partial charge in [-0.15, -0.1) is 5.10 Å². The van der Waals surface area contributed by atoms with Gasteiger partial charge in [0.2, 0.25) is 5.95 Å². The van der Waals surface area contributed by atoms with Gasteiger partial charge in [-0.3, -0.25) is 5.10 Å². The van der Waals surface area contributed by atoms with E-state index < -0.39 is 0 Å². The van der Waals surface area contributed by atoms with E-state index in [4.69, 9.17) is 4.74 Å². The lowest BCUT2D eigenvalue weighted by Crippen LogP contribution is -2.44. The number of hydrogen-bond acceptors (Lipinski definition) is 5. The fourth-order valence-corrected chi connectivity index (χ4v) is 2.22. The third-order valence-electron chi connectivity index (χ3n) is 3.24. The summed E-state index contributed by atoms with van der Waals surface area (Å²) in [7, 11) is 1.66. The number of rotatable bonds is 3. The number of nitrogens with one attached hydrogen (secondary N) is 2. The van der Waals surface area contributed by atoms with Gasteiger partial charge in [-0.05, 0) is 12.1 Å². The number of methoxy groups -OCH3 is 1. The summed E-state index contributed by atoms with van der Waals surface area (Å²) < 4.78 is 5.34. The molecule has 2 heterocycles. The Hall–Kier alpha value is -2.08. The van der Waals surface area contributed by atoms with Crippen molar-refractivity contribution < 1.29 is 4.74 Å². The Balaban J connectivity index is 1.88. The highest BCUT2D eigenvalue weighted by Gasteiger charge is 2.16. The van der Waals surface area contributed by atoms with Crippen LogP contribution in [0.25, 0.3) is 11.4 Å². The number of aromatic amines is 1. The number of nitrogens with zero attached hydrogens (tertiary/aromatic N) is 3. The summed E-state index contributed by atoms with van der Waals surface area (Å²) in [6.07, 6.45) is 0. The van der Waals surface area contributed by atoms with Gasteiger partial charge in [0.15, 0.2) is 5.82 Å². The lowest BCUT2D eigenvalue weighted by molar-refractivity contribution is 0.416. The van der Waals surface area contributed by atoms with E-state index in [0.717, 1.165) is 49.3 Å². The number of anilines is 1. The molecule has 2 aromatic rings. The molecule has 1 fully saturated rings. The number of H-pyrrole nitrogens is 1. The van der Waals surface area contributed by atoms with E-state index in [-0.39, 0.29) is 0 Å². The van der Waals surface area contributed by atoms with Gasteiger partial charge in [-0.25, -0.2) is 0 Å². The van der Waals surface area contributed by atoms with Crippen molar-refractivity contribution in [2.45, 2.75) is 0 Å². The van der Waals surface area contributed by atoms with Crippen LogP contribution in [-0.4, -0.2) is 48.5 Å². The summed E-state index contributed by atoms with van der Waals surface area (Å²) in [6, 6.07) is 7.80. The van der Waals surface area contributed by atoms with Crippen LogP contribution >= 0.6 is 0 Å². The third-order valence-corrected chi connectivity index (χ3v) is 3.24. The summed E-state index contributed by atoms with van der Waals surface area (Å²) in [5.74, 6) is 2.29. The number of ether oxygens (including phenoxy) is 1. The average Bonchev–Trinajstić information content (AvgIpc) is 2.98. The molecule has 6 nitrogen and oxygen atoms in total. The molecular weight excluding hydrogens is 242 g/mol. The molecule has 0 amide bonds. The van der Waals surface area contributed by atoms with Crippen LogP contribution in [0.5, 0.6) is 5.75 Å². The molecule has 0 spiro atoms. The normalized spacial score (nSPS) is 15.5. The number of aromatic nitrogens is 3. The van der Waals surface area contributed by atoms with Crippen molar-refractivity contribution in [3.8, 4) is 17.1 Å². The van der Waals surface area contributed by atoms with E-state index in [1.165, 1.54) is 0 Å². The molecule has 0 saturated carbocycles. The first-order chi connectivity index (χ1) is 9.38. The Morgan fingerprint density at radius 3 is 2.79 bits per heavy atom. The first kappa shape index (κ1) is 12.0. The van der Waals surface area contributed by atoms with Crippen LogP contribution in [0.15, 0.2) is 24.3 Å². The Morgan fingerprint density at radius 2 is 2.00 bits per heavy atom. The Bertz CT molecular complexity index is 547. The monoisotopic (exact) mass is 259 g/mol. The van der Waals surface area contributed by atoms with E-state index in [2.05, 4.69) is 25.4 Å². The highest BCUT2D eigenvalue weighted by molar-refractivity contribution is 5.64. The average molecular weight is 259 g/mol. The van der Waals surface area contributed by atoms with Crippen molar-refractivity contribution in [3.05, 3.63) is 24.3 Å². The van der Waals surface area contributed by atoms with Crippen LogP contribution in [0.4, 0.5) is 5.95 Å². The van der Waals surface area contributed by atoms with E-state index in [9.17, 15) is 0 Å². The van der Waals surface area contributed by atoms with Gasteiger partial charge in [0, 0.05) is 26.2 Å². The van der Waals surface area contributed by atoms with Crippen molar-refractivity contribution in [3.63, 3.8) is 0 Å². The maximum Gasteiger partial charge on any atom is 0.245 e. The Morgan fingerprint density at radius 1 is 1.21 bits per heavy atom. The largest absolute Gasteiger partial charge is 0.496 e. The number of para-hydroxylation sites is 1. The zero-order valence-corrected chi connectivity index (χ0v) is 10.9. The van der Waals surface area contributed by atoms with Crippen LogP contribution in [0.1, 0.15) is 0 Å². The van der Waals surface area contributed by atoms with Crippen LogP contribution < -0.4 is 15.0 Å². The summed E-state index contributed by atoms with van der Waals surface area (Å²) in [6.45, 7) is 3.81. The molecule has 2 N–H and O–H groups in total. The van der Waals surface area contributed by atoms with Crippen molar-refractivity contribution in [1.29, 1.82) is 0 Å². The predicted molar refractivity (Wildman–Crippen MR) is 73.5 cm³/mol. The predicted octanol–water partition coefficient (Wildman–Crippen LogP) is 0.890. The molecule has 1 saturated heterocycles. The van der Waals surface area contributed by atoms with Crippen LogP contribution in [0.3, 0.4) is 0 Å². The van der Waals surface area contributed by atoms with Gasteiger partial charge in [0.05, 0.1) is 12.7 Å². The van der Waals surface area contributed by atoms with E-state index >= 15 is 0 Å². The molecular formula is C13H17N5O. The van der Waals surface area contributed by atoms with E-state index in [1.54, 1.807) is 7.11 Å². The van der Waals surface area contributed by atoms with E-state index in [1.807, 2.05) is 24.3 Å². The van der Waals surface area contributed by atoms with Gasteiger partial charge in [0.25, 0.3) is 0 Å². The molecule has 6 heteroatoms. The molecule has 0 aliphatic carbocycles. The molecule has 0 radical (unpaired) electrons. The molecule has 1 aromatic heterocycles. The standard InChI is InChI=1S/C13H17N5O/c1-19-11-5-3-2-4-10(11)12-15-13(17-16-12)18-8-6-14-7-9-18/h2-5,14H,6-9H2,1H3,(H,15,16,17). The molecule has 0 unspecified atom stereocenters. The van der Waals surface area contributed by atoms with Crippen LogP contribution in [-0.2, 0) is 0 Å². The minimum Gasteiger partial charge on any atom is -0.496 e. The maximum absolute atomic E-state index is 5.34. The number of benzene rings is 1. The molecule has 19 heavy (non-hydrogen) atoms. The first-order valence-corrected chi connectivity index (χ1v) is 6.40. The smallest absolute Gasteiger partial charge is 0.245 e. The fourth-order valence-electron chi connectivity index (χ4n) is 2.22. The highest BCUT2D eigenvalue weighted by Crippen LogP contribution is 2.27. The highest BCUT2D eigenvalue weighted by atomic mass is 16.5. The zero-order chi connectivity index (χ0) is 13.1. The molecule has 1 aromatic carbocycles. The minimum absolute atomic E-state index is 0.742. The molecule has 1 aliphatic heterocycles. The van der Waals surface area contributed by atoms with Crippen LogP contribution in [0, 0.1) is 0 Å². The van der Waals surface area contributed by atoms with Gasteiger partial charge in [-0.1, -0.05) is 12.1 Å². The number of hydrogen-bond donors (Lipinski definition) is 2. The second-order valence-electron chi connectivity index (χ2n) is 4.42. The summed E-state index contributed by atoms with van der Waals surface area (Å²) in [5.41, 5.74) is 0.930. The second-order valence-corrected chi connectivity index (χ2v) is 4.42. The quantitative estimate of drug-likeness (QED) is 0.857. The lowest BCUT2D eigenvalue weighted by Gasteiger charge is -2.25. The van der Waals surface area contributed by atoms with Crippen molar-refractivity contribution in [2.24, 2.45) is 0 Å². The fraction of sp³-hybridized carbons (Fsp3) is 0.385. The topological polar surface area (TPSA) is 66.1 Å². The summed E-state index contributed by atoms with van der Waals surface area (Å²) in [5, 5.41) is 10.6. The third kappa shape index (κ3) is 2.39. The summed E-state index contributed by atoms with van der Waals surface area (Å²) in [4.78, 5) is 6.74. The molecule has 3 rings (SSSR count). The van der Waals surface area contributed by atoms with Gasteiger partial charge in [0.1, 0.15) is 5.75 Å². The van der Waals surface area contributed by atoms with Gasteiger partial charge in [-0.2, -0.15) is 4.98 Å².